The minimum Gasteiger partial charge on any atom is -0.380 e. The Balaban J connectivity index is 1.11. The standard InChI is InChI=1S/C31H33N5O5/c37-27-4-3-26(29(38)33-27)36-14-20-11-19(1-2-24(20)30(36)39)25-12-21(13-34-9-6-31(7-10-34)17-41-18-31)23-5-8-35(28(23)32-25)22-15-40-16-22/h1-2,5,8,11-12,22,26H,3-4,6-7,9-10,13-18H2,(H,33,37,38). The van der Waals surface area contributed by atoms with Gasteiger partial charge in [0.05, 0.1) is 38.2 Å². The molecular weight excluding hydrogens is 522 g/mol. The smallest absolute Gasteiger partial charge is 0.255 e. The molecule has 41 heavy (non-hydrogen) atoms. The van der Waals surface area contributed by atoms with Gasteiger partial charge in [-0.2, -0.15) is 0 Å². The molecule has 10 heteroatoms. The second-order valence-corrected chi connectivity index (χ2v) is 12.4. The number of nitrogens with one attached hydrogen (secondary N) is 1. The van der Waals surface area contributed by atoms with Gasteiger partial charge in [-0.3, -0.25) is 24.6 Å². The van der Waals surface area contributed by atoms with Gasteiger partial charge in [0.15, 0.2) is 0 Å². The summed E-state index contributed by atoms with van der Waals surface area (Å²) in [5.74, 6) is -0.841. The number of amides is 3. The average Bonchev–Trinajstić information content (AvgIpc) is 3.48. The van der Waals surface area contributed by atoms with E-state index in [-0.39, 0.29) is 24.3 Å². The van der Waals surface area contributed by atoms with Crippen molar-refractivity contribution in [3.63, 3.8) is 0 Å². The molecule has 10 nitrogen and oxygen atoms in total. The van der Waals surface area contributed by atoms with Crippen LogP contribution in [0.3, 0.4) is 0 Å². The predicted octanol–water partition coefficient (Wildman–Crippen LogP) is 2.65. The van der Waals surface area contributed by atoms with Crippen LogP contribution in [0.4, 0.5) is 0 Å². The summed E-state index contributed by atoms with van der Waals surface area (Å²) in [6, 6.07) is 9.91. The fourth-order valence-electron chi connectivity index (χ4n) is 6.99. The molecule has 1 aromatic carbocycles. The first-order valence-corrected chi connectivity index (χ1v) is 14.6. The van der Waals surface area contributed by atoms with Crippen molar-refractivity contribution < 1.29 is 23.9 Å². The van der Waals surface area contributed by atoms with Crippen LogP contribution in [0.25, 0.3) is 22.3 Å². The summed E-state index contributed by atoms with van der Waals surface area (Å²) in [6.45, 7) is 6.53. The molecule has 0 bridgehead atoms. The number of ether oxygens (including phenoxy) is 2. The van der Waals surface area contributed by atoms with Gasteiger partial charge >= 0.3 is 0 Å². The van der Waals surface area contributed by atoms with Crippen molar-refractivity contribution in [2.75, 3.05) is 39.5 Å². The number of nitrogens with zero attached hydrogens (tertiary/aromatic N) is 4. The minimum atomic E-state index is -0.625. The summed E-state index contributed by atoms with van der Waals surface area (Å²) in [7, 11) is 0. The molecule has 3 aromatic rings. The van der Waals surface area contributed by atoms with E-state index in [0.29, 0.717) is 37.2 Å². The lowest BCUT2D eigenvalue weighted by Gasteiger charge is -2.47. The van der Waals surface area contributed by atoms with Crippen molar-refractivity contribution in [1.29, 1.82) is 0 Å². The maximum absolute atomic E-state index is 13.2. The van der Waals surface area contributed by atoms with Crippen molar-refractivity contribution in [1.82, 2.24) is 24.7 Å². The molecule has 1 unspecified atom stereocenters. The lowest BCUT2D eigenvalue weighted by atomic mass is 9.77. The SMILES string of the molecule is O=C1CCC(N2Cc3cc(-c4cc(CN5CCC6(CC5)COC6)c5ccn(C6COC6)c5n4)ccc3C2=O)C(=O)N1. The predicted molar refractivity (Wildman–Crippen MR) is 149 cm³/mol. The number of carbonyl (C=O) groups is 3. The number of likely N-dealkylation sites (tertiary alicyclic amines) is 1. The molecule has 5 aliphatic heterocycles. The molecule has 1 N–H and O–H groups in total. The Morgan fingerprint density at radius 3 is 2.56 bits per heavy atom. The number of fused-ring (bicyclic) bond motifs is 2. The number of rotatable bonds is 5. The Hall–Kier alpha value is -3.60. The molecule has 212 valence electrons. The lowest BCUT2D eigenvalue weighted by Crippen LogP contribution is -2.52. The molecule has 1 atom stereocenters. The Morgan fingerprint density at radius 2 is 1.85 bits per heavy atom. The molecule has 4 fully saturated rings. The third kappa shape index (κ3) is 4.19. The third-order valence-electron chi connectivity index (χ3n) is 9.73. The van der Waals surface area contributed by atoms with E-state index in [1.807, 2.05) is 18.2 Å². The summed E-state index contributed by atoms with van der Waals surface area (Å²) < 4.78 is 13.3. The molecule has 2 aromatic heterocycles. The largest absolute Gasteiger partial charge is 0.380 e. The van der Waals surface area contributed by atoms with Crippen LogP contribution in [0.1, 0.15) is 53.2 Å². The number of piperidine rings is 2. The van der Waals surface area contributed by atoms with E-state index in [1.165, 1.54) is 23.8 Å². The van der Waals surface area contributed by atoms with E-state index in [4.69, 9.17) is 14.5 Å². The summed E-state index contributed by atoms with van der Waals surface area (Å²) >= 11 is 0. The van der Waals surface area contributed by atoms with Crippen LogP contribution < -0.4 is 5.32 Å². The maximum atomic E-state index is 13.2. The number of imide groups is 1. The first-order chi connectivity index (χ1) is 20.0. The molecule has 8 rings (SSSR count). The fourth-order valence-corrected chi connectivity index (χ4v) is 6.99. The number of hydrogen-bond donors (Lipinski definition) is 1. The number of hydrogen-bond acceptors (Lipinski definition) is 7. The van der Waals surface area contributed by atoms with Crippen LogP contribution in [0.2, 0.25) is 0 Å². The third-order valence-corrected chi connectivity index (χ3v) is 9.73. The first-order valence-electron chi connectivity index (χ1n) is 14.6. The highest BCUT2D eigenvalue weighted by Gasteiger charge is 2.41. The average molecular weight is 556 g/mol. The molecule has 0 saturated carbocycles. The van der Waals surface area contributed by atoms with E-state index in [9.17, 15) is 14.4 Å². The number of carbonyl (C=O) groups excluding carboxylic acids is 3. The molecular formula is C31H33N5O5. The molecule has 3 amide bonds. The van der Waals surface area contributed by atoms with Gasteiger partial charge < -0.3 is 18.9 Å². The normalized spacial score (nSPS) is 24.4. The second-order valence-electron chi connectivity index (χ2n) is 12.4. The number of aromatic nitrogens is 2. The molecule has 0 radical (unpaired) electrons. The highest BCUT2D eigenvalue weighted by molar-refractivity contribution is 6.05. The summed E-state index contributed by atoms with van der Waals surface area (Å²) in [4.78, 5) is 46.7. The quantitative estimate of drug-likeness (QED) is 0.483. The van der Waals surface area contributed by atoms with E-state index >= 15 is 0 Å². The summed E-state index contributed by atoms with van der Waals surface area (Å²) in [6.07, 6.45) is 5.08. The van der Waals surface area contributed by atoms with Crippen molar-refractivity contribution in [2.24, 2.45) is 5.41 Å². The topological polar surface area (TPSA) is 106 Å². The van der Waals surface area contributed by atoms with Gasteiger partial charge in [-0.1, -0.05) is 6.07 Å². The van der Waals surface area contributed by atoms with E-state index in [0.717, 1.165) is 55.3 Å². The highest BCUT2D eigenvalue weighted by Crippen LogP contribution is 2.39. The Bertz CT molecular complexity index is 1580. The lowest BCUT2D eigenvalue weighted by molar-refractivity contribution is -0.140. The minimum absolute atomic E-state index is 0.163. The van der Waals surface area contributed by atoms with E-state index in [1.54, 1.807) is 4.90 Å². The van der Waals surface area contributed by atoms with Gasteiger partial charge in [0.2, 0.25) is 11.8 Å². The Morgan fingerprint density at radius 1 is 1.02 bits per heavy atom. The Kier molecular flexibility index (Phi) is 5.81. The summed E-state index contributed by atoms with van der Waals surface area (Å²) in [5, 5.41) is 3.55. The number of pyridine rings is 1. The molecule has 0 aliphatic carbocycles. The van der Waals surface area contributed by atoms with Crippen LogP contribution in [0.5, 0.6) is 0 Å². The van der Waals surface area contributed by atoms with Gasteiger partial charge in [-0.05, 0) is 67.7 Å². The van der Waals surface area contributed by atoms with Gasteiger partial charge in [0, 0.05) is 47.6 Å². The molecule has 1 spiro atoms. The fraction of sp³-hybridized carbons (Fsp3) is 0.484. The first kappa shape index (κ1) is 25.1. The van der Waals surface area contributed by atoms with Gasteiger partial charge in [-0.25, -0.2) is 4.98 Å². The van der Waals surface area contributed by atoms with Crippen molar-refractivity contribution in [3.05, 3.63) is 53.2 Å². The second kappa shape index (κ2) is 9.47. The van der Waals surface area contributed by atoms with Crippen molar-refractivity contribution in [2.45, 2.75) is 50.9 Å². The van der Waals surface area contributed by atoms with Crippen LogP contribution in [0.15, 0.2) is 36.5 Å². The number of benzene rings is 1. The van der Waals surface area contributed by atoms with Gasteiger partial charge in [0.1, 0.15) is 11.7 Å². The van der Waals surface area contributed by atoms with Crippen LogP contribution in [0, 0.1) is 5.41 Å². The van der Waals surface area contributed by atoms with E-state index in [2.05, 4.69) is 33.1 Å². The van der Waals surface area contributed by atoms with Gasteiger partial charge in [0.25, 0.3) is 5.91 Å². The van der Waals surface area contributed by atoms with Crippen LogP contribution >= 0.6 is 0 Å². The molecule has 7 heterocycles. The van der Waals surface area contributed by atoms with E-state index < -0.39 is 11.9 Å². The zero-order chi connectivity index (χ0) is 27.7. The van der Waals surface area contributed by atoms with Gasteiger partial charge in [-0.15, -0.1) is 0 Å². The maximum Gasteiger partial charge on any atom is 0.255 e. The molecule has 5 aliphatic rings. The van der Waals surface area contributed by atoms with Crippen LogP contribution in [-0.4, -0.2) is 82.6 Å². The van der Waals surface area contributed by atoms with Crippen molar-refractivity contribution >= 4 is 28.8 Å². The van der Waals surface area contributed by atoms with Crippen molar-refractivity contribution in [3.8, 4) is 11.3 Å². The molecule has 4 saturated heterocycles. The Labute approximate surface area is 237 Å². The highest BCUT2D eigenvalue weighted by atomic mass is 16.5. The summed E-state index contributed by atoms with van der Waals surface area (Å²) in [5.41, 5.74) is 5.94. The zero-order valence-corrected chi connectivity index (χ0v) is 22.9. The zero-order valence-electron chi connectivity index (χ0n) is 22.9. The monoisotopic (exact) mass is 555 g/mol. The van der Waals surface area contributed by atoms with Crippen LogP contribution in [-0.2, 0) is 32.2 Å².